The Hall–Kier alpha value is -3.08. The summed E-state index contributed by atoms with van der Waals surface area (Å²) in [6.45, 7) is 1.55. The first-order valence-electron chi connectivity index (χ1n) is 9.69. The normalized spacial score (nSPS) is 14.5. The zero-order valence-corrected chi connectivity index (χ0v) is 16.2. The lowest BCUT2D eigenvalue weighted by Crippen LogP contribution is -2.32. The van der Waals surface area contributed by atoms with Crippen molar-refractivity contribution in [2.24, 2.45) is 0 Å². The molecule has 3 rings (SSSR count). The van der Waals surface area contributed by atoms with Gasteiger partial charge in [0.05, 0.1) is 18.4 Å². The monoisotopic (exact) mass is 378 g/mol. The van der Waals surface area contributed by atoms with Crippen molar-refractivity contribution in [2.45, 2.75) is 25.7 Å². The smallest absolute Gasteiger partial charge is 0.255 e. The molecular formula is C23H26N2O3. The maximum Gasteiger partial charge on any atom is 0.255 e. The molecule has 2 amide bonds. The van der Waals surface area contributed by atoms with Crippen LogP contribution < -0.4 is 10.1 Å². The summed E-state index contributed by atoms with van der Waals surface area (Å²) in [4.78, 5) is 27.3. The maximum atomic E-state index is 13.0. The van der Waals surface area contributed by atoms with E-state index in [2.05, 4.69) is 5.32 Å². The van der Waals surface area contributed by atoms with Crippen molar-refractivity contribution >= 4 is 23.6 Å². The van der Waals surface area contributed by atoms with Crippen LogP contribution in [0.15, 0.2) is 54.6 Å². The van der Waals surface area contributed by atoms with E-state index in [9.17, 15) is 9.59 Å². The molecule has 5 nitrogen and oxygen atoms in total. The maximum absolute atomic E-state index is 13.0. The molecule has 1 N–H and O–H groups in total. The molecule has 0 aromatic heterocycles. The predicted molar refractivity (Wildman–Crippen MR) is 111 cm³/mol. The Bertz CT molecular complexity index is 852. The van der Waals surface area contributed by atoms with E-state index in [-0.39, 0.29) is 11.8 Å². The molecule has 28 heavy (non-hydrogen) atoms. The minimum absolute atomic E-state index is 0.0218. The van der Waals surface area contributed by atoms with Crippen molar-refractivity contribution in [3.05, 3.63) is 65.7 Å². The van der Waals surface area contributed by atoms with Gasteiger partial charge in [0.15, 0.2) is 0 Å². The van der Waals surface area contributed by atoms with Crippen LogP contribution in [0.1, 0.15) is 41.6 Å². The van der Waals surface area contributed by atoms with Gasteiger partial charge >= 0.3 is 0 Å². The van der Waals surface area contributed by atoms with E-state index in [0.29, 0.717) is 17.0 Å². The lowest BCUT2D eigenvalue weighted by Gasteiger charge is -2.21. The quantitative estimate of drug-likeness (QED) is 0.787. The average molecular weight is 378 g/mol. The van der Waals surface area contributed by atoms with E-state index in [1.807, 2.05) is 41.3 Å². The Kier molecular flexibility index (Phi) is 6.84. The first-order chi connectivity index (χ1) is 13.7. The molecule has 0 atom stereocenters. The summed E-state index contributed by atoms with van der Waals surface area (Å²) in [5, 5.41) is 2.84. The van der Waals surface area contributed by atoms with Crippen LogP contribution >= 0.6 is 0 Å². The van der Waals surface area contributed by atoms with Crippen LogP contribution in [0.4, 0.5) is 5.69 Å². The molecule has 0 unspecified atom stereocenters. The molecule has 1 heterocycles. The third kappa shape index (κ3) is 5.00. The number of hydrogen-bond acceptors (Lipinski definition) is 3. The summed E-state index contributed by atoms with van der Waals surface area (Å²) in [6, 6.07) is 14.7. The highest BCUT2D eigenvalue weighted by Crippen LogP contribution is 2.21. The lowest BCUT2D eigenvalue weighted by atomic mass is 10.1. The average Bonchev–Trinajstić information content (AvgIpc) is 3.02. The number of carbonyl (C=O) groups excluding carboxylic acids is 2. The molecule has 1 aliphatic heterocycles. The number of amides is 2. The van der Waals surface area contributed by atoms with E-state index in [4.69, 9.17) is 4.74 Å². The number of ether oxygens (including phenoxy) is 1. The molecule has 1 saturated heterocycles. The Morgan fingerprint density at radius 2 is 1.64 bits per heavy atom. The van der Waals surface area contributed by atoms with Crippen LogP contribution in [0.2, 0.25) is 0 Å². The fraction of sp³-hybridized carbons (Fsp3) is 0.304. The number of carbonyl (C=O) groups is 2. The fourth-order valence-electron chi connectivity index (χ4n) is 3.37. The molecule has 1 fully saturated rings. The van der Waals surface area contributed by atoms with Crippen LogP contribution in [0.3, 0.4) is 0 Å². The molecule has 0 aliphatic carbocycles. The van der Waals surface area contributed by atoms with Gasteiger partial charge in [-0.15, -0.1) is 0 Å². The molecule has 0 radical (unpaired) electrons. The summed E-state index contributed by atoms with van der Waals surface area (Å²) >= 11 is 0. The highest BCUT2D eigenvalue weighted by molar-refractivity contribution is 6.07. The van der Waals surface area contributed by atoms with Gasteiger partial charge in [-0.25, -0.2) is 0 Å². The second kappa shape index (κ2) is 9.74. The molecular weight excluding hydrogens is 352 g/mol. The second-order valence-corrected chi connectivity index (χ2v) is 6.82. The van der Waals surface area contributed by atoms with Crippen LogP contribution in [-0.4, -0.2) is 36.9 Å². The van der Waals surface area contributed by atoms with Crippen molar-refractivity contribution in [3.8, 4) is 5.75 Å². The predicted octanol–water partition coefficient (Wildman–Crippen LogP) is 4.36. The van der Waals surface area contributed by atoms with E-state index in [0.717, 1.165) is 44.3 Å². The van der Waals surface area contributed by atoms with Crippen molar-refractivity contribution in [1.82, 2.24) is 4.90 Å². The van der Waals surface area contributed by atoms with E-state index < -0.39 is 0 Å². The third-order valence-corrected chi connectivity index (χ3v) is 4.86. The van der Waals surface area contributed by atoms with Crippen molar-refractivity contribution in [3.63, 3.8) is 0 Å². The van der Waals surface area contributed by atoms with Gasteiger partial charge in [0.2, 0.25) is 5.91 Å². The molecule has 0 spiro atoms. The number of methoxy groups -OCH3 is 1. The molecule has 0 bridgehead atoms. The summed E-state index contributed by atoms with van der Waals surface area (Å²) in [5.41, 5.74) is 1.88. The van der Waals surface area contributed by atoms with Gasteiger partial charge in [0, 0.05) is 24.7 Å². The third-order valence-electron chi connectivity index (χ3n) is 4.86. The molecule has 1 aliphatic rings. The molecule has 5 heteroatoms. The minimum atomic E-state index is -0.290. The van der Waals surface area contributed by atoms with Gasteiger partial charge in [-0.1, -0.05) is 43.2 Å². The van der Waals surface area contributed by atoms with Gasteiger partial charge in [0.1, 0.15) is 5.75 Å². The SMILES string of the molecule is COc1ccccc1/C=C\C(=O)Nc1ccccc1C(=O)N1CCCCCC1. The molecule has 2 aromatic rings. The zero-order valence-electron chi connectivity index (χ0n) is 16.2. The van der Waals surface area contributed by atoms with Gasteiger partial charge in [-0.3, -0.25) is 9.59 Å². The Balaban J connectivity index is 1.73. The summed E-state index contributed by atoms with van der Waals surface area (Å²) in [5.74, 6) is 0.386. The van der Waals surface area contributed by atoms with Crippen LogP contribution in [0.5, 0.6) is 5.75 Å². The zero-order chi connectivity index (χ0) is 19.8. The van der Waals surface area contributed by atoms with Crippen molar-refractivity contribution in [2.75, 3.05) is 25.5 Å². The van der Waals surface area contributed by atoms with Crippen molar-refractivity contribution < 1.29 is 14.3 Å². The van der Waals surface area contributed by atoms with Gasteiger partial charge in [-0.2, -0.15) is 0 Å². The number of hydrogen-bond donors (Lipinski definition) is 1. The van der Waals surface area contributed by atoms with E-state index in [1.54, 1.807) is 25.3 Å². The molecule has 0 saturated carbocycles. The summed E-state index contributed by atoms with van der Waals surface area (Å²) < 4.78 is 5.29. The second-order valence-electron chi connectivity index (χ2n) is 6.82. The summed E-state index contributed by atoms with van der Waals surface area (Å²) in [6.07, 6.45) is 7.54. The standard InChI is InChI=1S/C23H26N2O3/c1-28-21-13-7-4-10-18(21)14-15-22(26)24-20-12-6-5-11-19(20)23(27)25-16-8-2-3-9-17-25/h4-7,10-15H,2-3,8-9,16-17H2,1H3,(H,24,26)/b15-14-. The number of rotatable bonds is 5. The first-order valence-corrected chi connectivity index (χ1v) is 9.69. The molecule has 2 aromatic carbocycles. The Morgan fingerprint density at radius 1 is 0.964 bits per heavy atom. The highest BCUT2D eigenvalue weighted by Gasteiger charge is 2.20. The lowest BCUT2D eigenvalue weighted by molar-refractivity contribution is -0.111. The fourth-order valence-corrected chi connectivity index (χ4v) is 3.37. The number of nitrogens with zero attached hydrogens (tertiary/aromatic N) is 1. The van der Waals surface area contributed by atoms with Crippen LogP contribution in [0.25, 0.3) is 6.08 Å². The number of anilines is 1. The van der Waals surface area contributed by atoms with Gasteiger partial charge < -0.3 is 15.0 Å². The number of benzene rings is 2. The van der Waals surface area contributed by atoms with Gasteiger partial charge in [0.25, 0.3) is 5.91 Å². The Labute approximate surface area is 166 Å². The number of nitrogens with one attached hydrogen (secondary N) is 1. The summed E-state index contributed by atoms with van der Waals surface area (Å²) in [7, 11) is 1.59. The number of para-hydroxylation sites is 2. The molecule has 146 valence electrons. The minimum Gasteiger partial charge on any atom is -0.496 e. The first kappa shape index (κ1) is 19.7. The van der Waals surface area contributed by atoms with Crippen molar-refractivity contribution in [1.29, 1.82) is 0 Å². The van der Waals surface area contributed by atoms with Crippen LogP contribution in [-0.2, 0) is 4.79 Å². The van der Waals surface area contributed by atoms with E-state index in [1.165, 1.54) is 6.08 Å². The number of likely N-dealkylation sites (tertiary alicyclic amines) is 1. The van der Waals surface area contributed by atoms with Gasteiger partial charge in [-0.05, 0) is 37.1 Å². The van der Waals surface area contributed by atoms with Crippen LogP contribution in [0, 0.1) is 0 Å². The highest BCUT2D eigenvalue weighted by atomic mass is 16.5. The Morgan fingerprint density at radius 3 is 2.39 bits per heavy atom. The topological polar surface area (TPSA) is 58.6 Å². The largest absolute Gasteiger partial charge is 0.496 e. The van der Waals surface area contributed by atoms with E-state index >= 15 is 0 Å².